The van der Waals surface area contributed by atoms with E-state index >= 15 is 0 Å². The number of β-lactam (4-membered cyclic amide) rings is 1. The van der Waals surface area contributed by atoms with Crippen LogP contribution in [0.2, 0.25) is 0 Å². The molecule has 9 nitrogen and oxygen atoms in total. The predicted octanol–water partition coefficient (Wildman–Crippen LogP) is -0.917. The van der Waals surface area contributed by atoms with Crippen LogP contribution in [-0.2, 0) is 9.59 Å². The predicted molar refractivity (Wildman–Crippen MR) is 124 cm³/mol. The number of carboxylic acid groups (broad SMARTS) is 1. The molecule has 172 valence electrons. The molecule has 2 aliphatic heterocycles. The number of anilines is 1. The molecule has 1 N–H and O–H groups in total. The molecule has 3 atom stereocenters. The summed E-state index contributed by atoms with van der Waals surface area (Å²) in [6, 6.07) is 12.4. The van der Waals surface area contributed by atoms with E-state index in [1.54, 1.807) is 38.1 Å². The van der Waals surface area contributed by atoms with Gasteiger partial charge >= 0.3 is 29.6 Å². The first kappa shape index (κ1) is 26.2. The van der Waals surface area contributed by atoms with Gasteiger partial charge in [-0.3, -0.25) is 9.59 Å². The summed E-state index contributed by atoms with van der Waals surface area (Å²) in [5.74, 6) is -2.20. The quantitative estimate of drug-likeness (QED) is 0.319. The SMILES string of the molecule is CN(C)c1ccc(N=Nc2ccccc2C(=O)NC2C(=O)N3C2SC(C)(C)C3C(=O)[O-])cc1.[Na+]. The molecule has 3 unspecified atom stereocenters. The Hall–Kier alpha value is -2.40. The Kier molecular flexibility index (Phi) is 7.76. The monoisotopic (exact) mass is 489 g/mol. The molecule has 2 aliphatic rings. The third-order valence-corrected chi connectivity index (χ3v) is 7.31. The molecular formula is C23H24N5NaO4S. The molecule has 11 heteroatoms. The van der Waals surface area contributed by atoms with Crippen molar-refractivity contribution in [2.24, 2.45) is 10.2 Å². The maximum absolute atomic E-state index is 13.0. The third-order valence-electron chi connectivity index (χ3n) is 5.74. The van der Waals surface area contributed by atoms with Crippen molar-refractivity contribution in [1.82, 2.24) is 10.2 Å². The van der Waals surface area contributed by atoms with Crippen molar-refractivity contribution in [1.29, 1.82) is 0 Å². The van der Waals surface area contributed by atoms with Gasteiger partial charge in [-0.2, -0.15) is 5.11 Å². The Balaban J connectivity index is 0.00000324. The molecule has 0 radical (unpaired) electrons. The molecule has 0 bridgehead atoms. The first-order valence-electron chi connectivity index (χ1n) is 10.4. The average molecular weight is 490 g/mol. The van der Waals surface area contributed by atoms with Gasteiger partial charge in [0.25, 0.3) is 5.91 Å². The van der Waals surface area contributed by atoms with Crippen molar-refractivity contribution in [2.45, 2.75) is 36.1 Å². The summed E-state index contributed by atoms with van der Waals surface area (Å²) >= 11 is 1.34. The topological polar surface area (TPSA) is 118 Å². The molecule has 2 saturated heterocycles. The van der Waals surface area contributed by atoms with Crippen molar-refractivity contribution in [3.8, 4) is 0 Å². The largest absolute Gasteiger partial charge is 1.00 e. The molecule has 2 heterocycles. The van der Waals surface area contributed by atoms with E-state index in [0.717, 1.165) is 5.69 Å². The maximum Gasteiger partial charge on any atom is 1.00 e. The molecule has 0 spiro atoms. The van der Waals surface area contributed by atoms with Crippen LogP contribution in [0.5, 0.6) is 0 Å². The average Bonchev–Trinajstić information content (AvgIpc) is 3.04. The Morgan fingerprint density at radius 2 is 1.74 bits per heavy atom. The smallest absolute Gasteiger partial charge is 0.548 e. The summed E-state index contributed by atoms with van der Waals surface area (Å²) in [7, 11) is 3.89. The van der Waals surface area contributed by atoms with E-state index in [1.165, 1.54) is 16.7 Å². The van der Waals surface area contributed by atoms with E-state index in [9.17, 15) is 19.5 Å². The number of azo groups is 1. The van der Waals surface area contributed by atoms with Crippen LogP contribution in [0.3, 0.4) is 0 Å². The van der Waals surface area contributed by atoms with Crippen molar-refractivity contribution in [3.63, 3.8) is 0 Å². The number of benzene rings is 2. The number of nitrogens with one attached hydrogen (secondary N) is 1. The van der Waals surface area contributed by atoms with Crippen LogP contribution in [0.4, 0.5) is 17.1 Å². The van der Waals surface area contributed by atoms with Gasteiger partial charge in [-0.05, 0) is 50.2 Å². The summed E-state index contributed by atoms with van der Waals surface area (Å²) in [4.78, 5) is 40.4. The van der Waals surface area contributed by atoms with E-state index in [-0.39, 0.29) is 35.1 Å². The summed E-state index contributed by atoms with van der Waals surface area (Å²) in [5.41, 5.74) is 2.30. The zero-order chi connectivity index (χ0) is 23.9. The van der Waals surface area contributed by atoms with Crippen LogP contribution in [0.15, 0.2) is 58.8 Å². The van der Waals surface area contributed by atoms with E-state index in [1.807, 2.05) is 43.3 Å². The molecule has 0 saturated carbocycles. The van der Waals surface area contributed by atoms with Gasteiger partial charge in [0.2, 0.25) is 5.91 Å². The molecular weight excluding hydrogens is 465 g/mol. The van der Waals surface area contributed by atoms with Crippen molar-refractivity contribution in [2.75, 3.05) is 19.0 Å². The Labute approximate surface area is 224 Å². The van der Waals surface area contributed by atoms with Crippen LogP contribution < -0.4 is 44.9 Å². The Morgan fingerprint density at radius 3 is 2.35 bits per heavy atom. The number of nitrogens with zero attached hydrogens (tertiary/aromatic N) is 4. The molecule has 0 aliphatic carbocycles. The second kappa shape index (κ2) is 10.1. The van der Waals surface area contributed by atoms with Gasteiger partial charge in [0.05, 0.1) is 28.9 Å². The van der Waals surface area contributed by atoms with Gasteiger partial charge in [0, 0.05) is 24.5 Å². The van der Waals surface area contributed by atoms with Crippen molar-refractivity contribution >= 4 is 46.6 Å². The number of hydrogen-bond acceptors (Lipinski definition) is 8. The van der Waals surface area contributed by atoms with Gasteiger partial charge in [-0.1, -0.05) is 12.1 Å². The number of carbonyl (C=O) groups excluding carboxylic acids is 3. The van der Waals surface area contributed by atoms with Gasteiger partial charge in [0.15, 0.2) is 0 Å². The van der Waals surface area contributed by atoms with Gasteiger partial charge < -0.3 is 25.0 Å². The summed E-state index contributed by atoms with van der Waals surface area (Å²) in [6.45, 7) is 3.51. The number of thioether (sulfide) groups is 1. The summed E-state index contributed by atoms with van der Waals surface area (Å²) in [5, 5.41) is 22.3. The molecule has 2 amide bonds. The van der Waals surface area contributed by atoms with Crippen LogP contribution in [0.1, 0.15) is 24.2 Å². The number of aliphatic carboxylic acids is 1. The fourth-order valence-electron chi connectivity index (χ4n) is 4.03. The van der Waals surface area contributed by atoms with Crippen LogP contribution in [-0.4, -0.2) is 59.0 Å². The first-order valence-corrected chi connectivity index (χ1v) is 11.3. The zero-order valence-electron chi connectivity index (χ0n) is 19.7. The molecule has 2 fully saturated rings. The standard InChI is InChI=1S/C23H25N5O4S.Na/c1-23(2)18(22(31)32)28-20(30)17(21(28)33-23)24-19(29)15-7-5-6-8-16(15)26-25-13-9-11-14(12-10-13)27(3)4;/h5-12,17-18,21H,1-4H3,(H,24,29)(H,31,32);/q;+1/p-1. The molecule has 34 heavy (non-hydrogen) atoms. The number of hydrogen-bond donors (Lipinski definition) is 1. The van der Waals surface area contributed by atoms with E-state index < -0.39 is 40.0 Å². The fourth-order valence-corrected chi connectivity index (χ4v) is 5.65. The van der Waals surface area contributed by atoms with Crippen LogP contribution >= 0.6 is 11.8 Å². The normalized spacial score (nSPS) is 22.5. The summed E-state index contributed by atoms with van der Waals surface area (Å²) in [6.07, 6.45) is 0. The van der Waals surface area contributed by atoms with Crippen LogP contribution in [0, 0.1) is 0 Å². The maximum atomic E-state index is 13.0. The van der Waals surface area contributed by atoms with Crippen LogP contribution in [0.25, 0.3) is 0 Å². The second-order valence-electron chi connectivity index (χ2n) is 8.66. The Morgan fingerprint density at radius 1 is 1.09 bits per heavy atom. The van der Waals surface area contributed by atoms with E-state index in [2.05, 4.69) is 15.5 Å². The van der Waals surface area contributed by atoms with Crippen molar-refractivity contribution < 1.29 is 49.0 Å². The van der Waals surface area contributed by atoms with Gasteiger partial charge in [-0.15, -0.1) is 16.9 Å². The number of rotatable bonds is 6. The minimum absolute atomic E-state index is 0. The van der Waals surface area contributed by atoms with Crippen molar-refractivity contribution in [3.05, 3.63) is 54.1 Å². The fraction of sp³-hybridized carbons (Fsp3) is 0.348. The number of carboxylic acids is 1. The Bertz CT molecular complexity index is 1140. The minimum atomic E-state index is -1.29. The number of fused-ring (bicyclic) bond motifs is 1. The minimum Gasteiger partial charge on any atom is -0.548 e. The number of amides is 2. The molecule has 4 rings (SSSR count). The second-order valence-corrected chi connectivity index (χ2v) is 10.4. The molecule has 2 aromatic rings. The molecule has 0 aromatic heterocycles. The molecule has 2 aromatic carbocycles. The van der Waals surface area contributed by atoms with E-state index in [0.29, 0.717) is 11.4 Å². The van der Waals surface area contributed by atoms with E-state index in [4.69, 9.17) is 0 Å². The third kappa shape index (κ3) is 4.86. The first-order chi connectivity index (χ1) is 15.6. The zero-order valence-corrected chi connectivity index (χ0v) is 22.5. The van der Waals surface area contributed by atoms with Gasteiger partial charge in [-0.25, -0.2) is 0 Å². The summed E-state index contributed by atoms with van der Waals surface area (Å²) < 4.78 is -0.715. The number of carbonyl (C=O) groups is 3. The van der Waals surface area contributed by atoms with Gasteiger partial charge in [0.1, 0.15) is 11.4 Å².